The summed E-state index contributed by atoms with van der Waals surface area (Å²) in [5.41, 5.74) is 26.4. The number of hydrogen-bond donors (Lipinski definition) is 7. The van der Waals surface area contributed by atoms with E-state index in [0.29, 0.717) is 12.0 Å². The van der Waals surface area contributed by atoms with Crippen LogP contribution < -0.4 is 38.9 Å². The Morgan fingerprint density at radius 3 is 1.92 bits per heavy atom. The average Bonchev–Trinajstić information content (AvgIpc) is 3.13. The number of benzene rings is 3. The number of nitrogens with two attached hydrogens (primary N) is 4. The van der Waals surface area contributed by atoms with Gasteiger partial charge in [-0.25, -0.2) is 0 Å². The van der Waals surface area contributed by atoms with Crippen LogP contribution in [0.2, 0.25) is 0 Å². The lowest BCUT2D eigenvalue weighted by atomic mass is 9.92. The second kappa shape index (κ2) is 18.8. The molecule has 0 saturated heterocycles. The number of amides is 6. The van der Waals surface area contributed by atoms with E-state index in [1.807, 2.05) is 78.9 Å². The fourth-order valence-electron chi connectivity index (χ4n) is 6.23. The number of aliphatic imine (C=N–C) groups is 1. The minimum Gasteiger partial charge on any atom is -0.370 e. The van der Waals surface area contributed by atoms with Crippen molar-refractivity contribution in [2.24, 2.45) is 27.9 Å². The predicted molar refractivity (Wildman–Crippen MR) is 199 cm³/mol. The number of carbonyl (C=O) groups is 6. The Morgan fingerprint density at radius 1 is 0.736 bits per heavy atom. The third-order valence-electron chi connectivity index (χ3n) is 8.93. The van der Waals surface area contributed by atoms with Gasteiger partial charge in [-0.3, -0.25) is 33.8 Å². The van der Waals surface area contributed by atoms with Crippen molar-refractivity contribution >= 4 is 41.4 Å². The summed E-state index contributed by atoms with van der Waals surface area (Å²) in [5, 5.41) is 7.97. The van der Waals surface area contributed by atoms with Crippen LogP contribution >= 0.6 is 0 Å². The SMILES string of the molecule is CC(=O)N[C@@H](CCCN=C(N)N)C(=O)N[C@@H](CCC(N)=O)C(=O)N[C@H](Cc1ccc(-c2ccccc2)cc1)C(=O)N1Cc2ccccc2C[C@@H]1C(N)=O. The molecule has 0 bridgehead atoms. The average molecular weight is 726 g/mol. The number of guanidine groups is 1. The van der Waals surface area contributed by atoms with E-state index < -0.39 is 59.6 Å². The second-order valence-electron chi connectivity index (χ2n) is 13.0. The number of nitrogens with one attached hydrogen (secondary N) is 3. The van der Waals surface area contributed by atoms with Crippen LogP contribution in [0, 0.1) is 0 Å². The van der Waals surface area contributed by atoms with Crippen LogP contribution in [0.5, 0.6) is 0 Å². The lowest BCUT2D eigenvalue weighted by molar-refractivity contribution is -0.144. The monoisotopic (exact) mass is 725 g/mol. The minimum absolute atomic E-state index is 0.0269. The molecule has 4 atom stereocenters. The van der Waals surface area contributed by atoms with E-state index >= 15 is 0 Å². The van der Waals surface area contributed by atoms with Gasteiger partial charge in [0.25, 0.3) is 0 Å². The van der Waals surface area contributed by atoms with Crippen LogP contribution in [-0.4, -0.2) is 77.0 Å². The number of carbonyl (C=O) groups excluding carboxylic acids is 6. The molecule has 0 saturated carbocycles. The summed E-state index contributed by atoms with van der Waals surface area (Å²) in [5.74, 6) is -4.04. The first-order valence-electron chi connectivity index (χ1n) is 17.3. The highest BCUT2D eigenvalue weighted by Crippen LogP contribution is 2.25. The molecule has 3 aromatic rings. The van der Waals surface area contributed by atoms with E-state index in [4.69, 9.17) is 22.9 Å². The molecular weight excluding hydrogens is 678 g/mol. The molecule has 3 aromatic carbocycles. The van der Waals surface area contributed by atoms with Crippen LogP contribution in [-0.2, 0) is 48.2 Å². The quantitative estimate of drug-likeness (QED) is 0.0570. The highest BCUT2D eigenvalue weighted by Gasteiger charge is 2.38. The number of fused-ring (bicyclic) bond motifs is 1. The third-order valence-corrected chi connectivity index (χ3v) is 8.93. The molecule has 0 aliphatic carbocycles. The van der Waals surface area contributed by atoms with Crippen LogP contribution in [0.25, 0.3) is 11.1 Å². The van der Waals surface area contributed by atoms with Gasteiger partial charge in [0.15, 0.2) is 5.96 Å². The van der Waals surface area contributed by atoms with Crippen molar-refractivity contribution in [3.8, 4) is 11.1 Å². The Morgan fingerprint density at radius 2 is 1.32 bits per heavy atom. The smallest absolute Gasteiger partial charge is 0.246 e. The van der Waals surface area contributed by atoms with Crippen molar-refractivity contribution in [1.29, 1.82) is 0 Å². The molecular formula is C38H47N9O6. The molecule has 0 unspecified atom stereocenters. The molecule has 280 valence electrons. The summed E-state index contributed by atoms with van der Waals surface area (Å²) in [7, 11) is 0. The van der Waals surface area contributed by atoms with Gasteiger partial charge in [-0.2, -0.15) is 0 Å². The normalized spacial score (nSPS) is 15.1. The molecule has 6 amide bonds. The lowest BCUT2D eigenvalue weighted by Gasteiger charge is -2.37. The molecule has 11 N–H and O–H groups in total. The van der Waals surface area contributed by atoms with E-state index in [1.165, 1.54) is 11.8 Å². The number of primary amides is 2. The van der Waals surface area contributed by atoms with Gasteiger partial charge in [0.2, 0.25) is 35.4 Å². The number of nitrogens with zero attached hydrogens (tertiary/aromatic N) is 2. The molecule has 0 spiro atoms. The molecule has 15 heteroatoms. The van der Waals surface area contributed by atoms with Crippen molar-refractivity contribution in [3.05, 3.63) is 95.6 Å². The molecule has 1 aliphatic heterocycles. The first kappa shape index (κ1) is 39.5. The largest absolute Gasteiger partial charge is 0.370 e. The van der Waals surface area contributed by atoms with Crippen LogP contribution in [0.4, 0.5) is 0 Å². The first-order valence-corrected chi connectivity index (χ1v) is 17.3. The van der Waals surface area contributed by atoms with Gasteiger partial charge in [-0.15, -0.1) is 0 Å². The molecule has 0 fully saturated rings. The first-order chi connectivity index (χ1) is 25.3. The molecule has 1 heterocycles. The molecule has 0 radical (unpaired) electrons. The van der Waals surface area contributed by atoms with E-state index in [-0.39, 0.29) is 51.2 Å². The summed E-state index contributed by atoms with van der Waals surface area (Å²) < 4.78 is 0. The topological polar surface area (TPSA) is 258 Å². The Balaban J connectivity index is 1.63. The van der Waals surface area contributed by atoms with Gasteiger partial charge < -0.3 is 43.8 Å². The number of rotatable bonds is 17. The Hall–Kier alpha value is -6.25. The van der Waals surface area contributed by atoms with E-state index in [2.05, 4.69) is 20.9 Å². The Labute approximate surface area is 307 Å². The summed E-state index contributed by atoms with van der Waals surface area (Å²) in [6.45, 7) is 1.53. The van der Waals surface area contributed by atoms with E-state index in [9.17, 15) is 28.8 Å². The van der Waals surface area contributed by atoms with Crippen molar-refractivity contribution in [2.75, 3.05) is 6.54 Å². The minimum atomic E-state index is -1.33. The Bertz CT molecular complexity index is 1810. The zero-order valence-electron chi connectivity index (χ0n) is 29.6. The van der Waals surface area contributed by atoms with Gasteiger partial charge in [-0.1, -0.05) is 78.9 Å². The zero-order chi connectivity index (χ0) is 38.5. The summed E-state index contributed by atoms with van der Waals surface area (Å²) in [6, 6.07) is 20.1. The molecule has 0 aromatic heterocycles. The second-order valence-corrected chi connectivity index (χ2v) is 13.0. The van der Waals surface area contributed by atoms with Crippen molar-refractivity contribution in [1.82, 2.24) is 20.9 Å². The van der Waals surface area contributed by atoms with Gasteiger partial charge >= 0.3 is 0 Å². The van der Waals surface area contributed by atoms with Crippen molar-refractivity contribution in [2.45, 2.75) is 76.2 Å². The van der Waals surface area contributed by atoms with Crippen LogP contribution in [0.15, 0.2) is 83.9 Å². The maximum Gasteiger partial charge on any atom is 0.246 e. The fraction of sp³-hybridized carbons (Fsp3) is 0.342. The zero-order valence-corrected chi connectivity index (χ0v) is 29.6. The highest BCUT2D eigenvalue weighted by molar-refractivity contribution is 5.96. The van der Waals surface area contributed by atoms with Gasteiger partial charge in [0, 0.05) is 39.3 Å². The maximum atomic E-state index is 14.5. The summed E-state index contributed by atoms with van der Waals surface area (Å²) in [6.07, 6.45) is 0.237. The van der Waals surface area contributed by atoms with Gasteiger partial charge in [-0.05, 0) is 47.1 Å². The summed E-state index contributed by atoms with van der Waals surface area (Å²) in [4.78, 5) is 83.7. The van der Waals surface area contributed by atoms with E-state index in [1.54, 1.807) is 0 Å². The molecule has 15 nitrogen and oxygen atoms in total. The van der Waals surface area contributed by atoms with Crippen molar-refractivity contribution in [3.63, 3.8) is 0 Å². The lowest BCUT2D eigenvalue weighted by Crippen LogP contribution is -2.60. The van der Waals surface area contributed by atoms with Gasteiger partial charge in [0.05, 0.1) is 0 Å². The Kier molecular flexibility index (Phi) is 14.0. The molecule has 53 heavy (non-hydrogen) atoms. The standard InChI is InChI=1S/C38H47N9O6/c1-23(48)44-29(12-7-19-43-38(41)42)35(51)45-30(17-18-33(39)49)36(52)46-31(20-24-13-15-26(16-14-24)25-8-3-2-4-9-25)37(53)47-22-28-11-6-5-10-27(28)21-32(47)34(40)50/h2-6,8-11,13-16,29-32H,7,12,17-22H2,1H3,(H2,39,49)(H2,40,50)(H,44,48)(H,45,51)(H,46,52)(H4,41,42,43)/t29-,30-,31+,32+/m0/s1. The fourth-order valence-corrected chi connectivity index (χ4v) is 6.23. The maximum absolute atomic E-state index is 14.5. The molecule has 1 aliphatic rings. The number of hydrogen-bond acceptors (Lipinski definition) is 7. The van der Waals surface area contributed by atoms with Crippen LogP contribution in [0.3, 0.4) is 0 Å². The van der Waals surface area contributed by atoms with Crippen molar-refractivity contribution < 1.29 is 28.8 Å². The van der Waals surface area contributed by atoms with E-state index in [0.717, 1.165) is 22.3 Å². The molecule has 4 rings (SSSR count). The third kappa shape index (κ3) is 11.6. The van der Waals surface area contributed by atoms with Crippen LogP contribution in [0.1, 0.15) is 49.3 Å². The summed E-state index contributed by atoms with van der Waals surface area (Å²) >= 11 is 0. The van der Waals surface area contributed by atoms with Gasteiger partial charge in [0.1, 0.15) is 24.2 Å². The predicted octanol–water partition coefficient (Wildman–Crippen LogP) is 0.128. The highest BCUT2D eigenvalue weighted by atomic mass is 16.2.